The van der Waals surface area contributed by atoms with E-state index in [1.54, 1.807) is 28.4 Å². The Bertz CT molecular complexity index is 1470. The standard InChI is InChI=1S/C37H42O6.2C2H6.C2H2/c1-7-27-12-14-29(15-13-27)21-43-37-34(24-40-5)18-31(19-35(37)25-41-6)30-16-32(22-38-3)36(33(17-30)23-39-4)42-20-28-10-8-26(2)9-11-28;3*1-2/h7-19H,1,20-25H2,2-6H3;2*1-2H3;1-2H. The molecule has 0 aliphatic carbocycles. The van der Waals surface area contributed by atoms with Gasteiger partial charge in [0.1, 0.15) is 24.7 Å². The summed E-state index contributed by atoms with van der Waals surface area (Å²) in [6.45, 7) is 16.4. The summed E-state index contributed by atoms with van der Waals surface area (Å²) >= 11 is 0. The molecule has 0 saturated heterocycles. The lowest BCUT2D eigenvalue weighted by Crippen LogP contribution is -2.06. The molecule has 6 nitrogen and oxygen atoms in total. The van der Waals surface area contributed by atoms with Gasteiger partial charge in [-0.05, 0) is 59.0 Å². The molecular formula is C43H56O6. The Labute approximate surface area is 296 Å². The topological polar surface area (TPSA) is 55.4 Å². The number of methoxy groups -OCH3 is 4. The zero-order valence-electron chi connectivity index (χ0n) is 31.1. The Kier molecular flexibility index (Phi) is 21.5. The van der Waals surface area contributed by atoms with Crippen molar-refractivity contribution in [2.24, 2.45) is 0 Å². The third kappa shape index (κ3) is 13.2. The Hall–Kier alpha value is -4.38. The van der Waals surface area contributed by atoms with Crippen molar-refractivity contribution in [1.29, 1.82) is 0 Å². The second-order valence-corrected chi connectivity index (χ2v) is 10.5. The summed E-state index contributed by atoms with van der Waals surface area (Å²) in [5.41, 5.74) is 10.3. The molecule has 0 amide bonds. The highest BCUT2D eigenvalue weighted by Crippen LogP contribution is 2.37. The Balaban J connectivity index is 0.00000189. The van der Waals surface area contributed by atoms with E-state index in [0.29, 0.717) is 39.6 Å². The van der Waals surface area contributed by atoms with Gasteiger partial charge in [0.2, 0.25) is 0 Å². The van der Waals surface area contributed by atoms with E-state index in [4.69, 9.17) is 28.4 Å². The van der Waals surface area contributed by atoms with Gasteiger partial charge in [-0.2, -0.15) is 0 Å². The van der Waals surface area contributed by atoms with Crippen molar-refractivity contribution in [2.45, 2.75) is 74.3 Å². The van der Waals surface area contributed by atoms with Crippen LogP contribution in [0.3, 0.4) is 0 Å². The van der Waals surface area contributed by atoms with Crippen LogP contribution in [-0.2, 0) is 58.6 Å². The molecule has 4 aromatic carbocycles. The van der Waals surface area contributed by atoms with E-state index in [1.165, 1.54) is 5.56 Å². The minimum absolute atomic E-state index is 0.392. The van der Waals surface area contributed by atoms with E-state index in [2.05, 4.69) is 87.0 Å². The van der Waals surface area contributed by atoms with Crippen molar-refractivity contribution >= 4 is 6.08 Å². The lowest BCUT2D eigenvalue weighted by Gasteiger charge is -2.20. The molecule has 4 rings (SSSR count). The maximum atomic E-state index is 6.40. The molecule has 0 radical (unpaired) electrons. The third-order valence-electron chi connectivity index (χ3n) is 7.12. The second kappa shape index (κ2) is 24.7. The molecule has 0 atom stereocenters. The van der Waals surface area contributed by atoms with Crippen molar-refractivity contribution < 1.29 is 28.4 Å². The normalized spacial score (nSPS) is 9.94. The van der Waals surface area contributed by atoms with Gasteiger partial charge >= 0.3 is 0 Å². The van der Waals surface area contributed by atoms with Crippen molar-refractivity contribution in [3.63, 3.8) is 0 Å². The maximum Gasteiger partial charge on any atom is 0.130 e. The van der Waals surface area contributed by atoms with Crippen molar-refractivity contribution in [1.82, 2.24) is 0 Å². The summed E-state index contributed by atoms with van der Waals surface area (Å²) in [6, 6.07) is 25.0. The Morgan fingerprint density at radius 2 is 0.816 bits per heavy atom. The fourth-order valence-electron chi connectivity index (χ4n) is 5.01. The highest BCUT2D eigenvalue weighted by Gasteiger charge is 2.18. The number of ether oxygens (including phenoxy) is 6. The molecule has 0 aromatic heterocycles. The molecule has 0 bridgehead atoms. The summed E-state index contributed by atoms with van der Waals surface area (Å²) in [5, 5.41) is 0. The van der Waals surface area contributed by atoms with E-state index < -0.39 is 0 Å². The fraction of sp³-hybridized carbons (Fsp3) is 0.349. The number of terminal acetylenes is 1. The largest absolute Gasteiger partial charge is 0.488 e. The highest BCUT2D eigenvalue weighted by molar-refractivity contribution is 5.71. The zero-order valence-corrected chi connectivity index (χ0v) is 31.1. The first kappa shape index (κ1) is 42.6. The summed E-state index contributed by atoms with van der Waals surface area (Å²) in [6.07, 6.45) is 9.83. The Morgan fingerprint density at radius 3 is 1.10 bits per heavy atom. The summed E-state index contributed by atoms with van der Waals surface area (Å²) in [5.74, 6) is 1.55. The van der Waals surface area contributed by atoms with Crippen LogP contribution in [0.1, 0.15) is 72.2 Å². The molecule has 0 unspecified atom stereocenters. The molecule has 4 aromatic rings. The van der Waals surface area contributed by atoms with Crippen molar-refractivity contribution in [3.05, 3.63) is 124 Å². The lowest BCUT2D eigenvalue weighted by molar-refractivity contribution is 0.169. The van der Waals surface area contributed by atoms with E-state index in [9.17, 15) is 0 Å². The van der Waals surface area contributed by atoms with Crippen LogP contribution in [0.2, 0.25) is 0 Å². The minimum atomic E-state index is 0.392. The molecule has 0 N–H and O–H groups in total. The summed E-state index contributed by atoms with van der Waals surface area (Å²) < 4.78 is 35.2. The zero-order chi connectivity index (χ0) is 36.6. The molecule has 0 fully saturated rings. The minimum Gasteiger partial charge on any atom is -0.488 e. The first-order valence-electron chi connectivity index (χ1n) is 16.6. The van der Waals surface area contributed by atoms with Crippen LogP contribution in [0.15, 0.2) is 79.4 Å². The number of hydrogen-bond acceptors (Lipinski definition) is 6. The van der Waals surface area contributed by atoms with Crippen LogP contribution in [0.4, 0.5) is 0 Å². The van der Waals surface area contributed by atoms with Gasteiger partial charge in [-0.3, -0.25) is 0 Å². The predicted molar refractivity (Wildman–Crippen MR) is 204 cm³/mol. The fourth-order valence-corrected chi connectivity index (χ4v) is 5.01. The van der Waals surface area contributed by atoms with Gasteiger partial charge in [0, 0.05) is 50.7 Å². The third-order valence-corrected chi connectivity index (χ3v) is 7.12. The molecule has 264 valence electrons. The van der Waals surface area contributed by atoms with Gasteiger partial charge in [0.25, 0.3) is 0 Å². The molecule has 0 saturated carbocycles. The quantitative estimate of drug-likeness (QED) is 0.111. The van der Waals surface area contributed by atoms with Crippen molar-refractivity contribution in [3.8, 4) is 35.5 Å². The number of aryl methyl sites for hydroxylation is 1. The van der Waals surface area contributed by atoms with Gasteiger partial charge in [-0.15, -0.1) is 12.8 Å². The van der Waals surface area contributed by atoms with E-state index in [0.717, 1.165) is 61.6 Å². The van der Waals surface area contributed by atoms with Crippen LogP contribution < -0.4 is 9.47 Å². The van der Waals surface area contributed by atoms with Crippen LogP contribution in [0.25, 0.3) is 17.2 Å². The average molecular weight is 669 g/mol. The molecule has 0 spiro atoms. The molecule has 49 heavy (non-hydrogen) atoms. The maximum absolute atomic E-state index is 6.40. The van der Waals surface area contributed by atoms with Crippen LogP contribution in [-0.4, -0.2) is 28.4 Å². The molecule has 0 heterocycles. The van der Waals surface area contributed by atoms with Crippen molar-refractivity contribution in [2.75, 3.05) is 28.4 Å². The number of benzene rings is 4. The lowest BCUT2D eigenvalue weighted by atomic mass is 9.95. The average Bonchev–Trinajstić information content (AvgIpc) is 3.14. The van der Waals surface area contributed by atoms with Crippen LogP contribution in [0, 0.1) is 19.8 Å². The molecule has 6 heteroatoms. The summed E-state index contributed by atoms with van der Waals surface area (Å²) in [7, 11) is 6.76. The molecule has 0 aliphatic rings. The monoisotopic (exact) mass is 668 g/mol. The first-order valence-corrected chi connectivity index (χ1v) is 16.6. The molecule has 0 aliphatic heterocycles. The van der Waals surface area contributed by atoms with Gasteiger partial charge in [-0.1, -0.05) is 94.4 Å². The Morgan fingerprint density at radius 1 is 0.510 bits per heavy atom. The first-order chi connectivity index (χ1) is 24.0. The van der Waals surface area contributed by atoms with E-state index in [1.807, 2.05) is 45.9 Å². The van der Waals surface area contributed by atoms with E-state index >= 15 is 0 Å². The SMILES string of the molecule is C#C.C=Cc1ccc(COc2c(COC)cc(-c3cc(COC)c(OCc4ccc(C)cc4)c(COC)c3)cc2COC)cc1.CC.CC. The molecular weight excluding hydrogens is 612 g/mol. The van der Waals surface area contributed by atoms with Gasteiger partial charge in [0.05, 0.1) is 26.4 Å². The predicted octanol–water partition coefficient (Wildman–Crippen LogP) is 10.4. The number of rotatable bonds is 16. The van der Waals surface area contributed by atoms with Crippen LogP contribution in [0.5, 0.6) is 11.5 Å². The number of hydrogen-bond donors (Lipinski definition) is 0. The highest BCUT2D eigenvalue weighted by atomic mass is 16.5. The second-order valence-electron chi connectivity index (χ2n) is 10.5. The van der Waals surface area contributed by atoms with Gasteiger partial charge in [0.15, 0.2) is 0 Å². The van der Waals surface area contributed by atoms with Crippen LogP contribution >= 0.6 is 0 Å². The van der Waals surface area contributed by atoms with E-state index in [-0.39, 0.29) is 0 Å². The summed E-state index contributed by atoms with van der Waals surface area (Å²) in [4.78, 5) is 0. The van der Waals surface area contributed by atoms with Gasteiger partial charge < -0.3 is 28.4 Å². The smallest absolute Gasteiger partial charge is 0.130 e. The van der Waals surface area contributed by atoms with Gasteiger partial charge in [-0.25, -0.2) is 0 Å².